The van der Waals surface area contributed by atoms with Gasteiger partial charge in [0.25, 0.3) is 11.8 Å². The normalized spacial score (nSPS) is 27.6. The predicted molar refractivity (Wildman–Crippen MR) is 175 cm³/mol. The number of hydrogen-bond donors (Lipinski definition) is 1. The molecule has 260 valence electrons. The van der Waals surface area contributed by atoms with Gasteiger partial charge in [0.2, 0.25) is 11.8 Å². The molecule has 10 nitrogen and oxygen atoms in total. The quantitative estimate of drug-likeness (QED) is 0.237. The van der Waals surface area contributed by atoms with E-state index in [0.29, 0.717) is 22.9 Å². The van der Waals surface area contributed by atoms with E-state index in [9.17, 15) is 37.5 Å². The average molecular weight is 730 g/mol. The monoisotopic (exact) mass is 728 g/mol. The van der Waals surface area contributed by atoms with Gasteiger partial charge in [-0.25, -0.2) is 9.88 Å². The summed E-state index contributed by atoms with van der Waals surface area (Å²) in [7, 11) is 2.58. The van der Waals surface area contributed by atoms with Crippen LogP contribution in [0.2, 0.25) is 10.0 Å². The number of carbonyl (C=O) groups excluding carboxylic acids is 4. The number of para-hydroxylation sites is 1. The Morgan fingerprint density at radius 2 is 1.68 bits per heavy atom. The Kier molecular flexibility index (Phi) is 7.94. The molecule has 6 atom stereocenters. The molecular formula is C35H29Cl2F3N4O6. The first kappa shape index (κ1) is 33.9. The van der Waals surface area contributed by atoms with Gasteiger partial charge in [0.15, 0.2) is 17.3 Å². The molecule has 0 spiro atoms. The lowest BCUT2D eigenvalue weighted by Crippen LogP contribution is -2.49. The van der Waals surface area contributed by atoms with Crippen molar-refractivity contribution in [3.05, 3.63) is 87.5 Å². The average Bonchev–Trinajstić information content (AvgIpc) is 3.45. The first-order valence-corrected chi connectivity index (χ1v) is 16.4. The van der Waals surface area contributed by atoms with E-state index in [2.05, 4.69) is 4.98 Å². The standard InChI is InChI=1S/C35H29Cl2F3N4O6/c1-34-21(31(47)43(33(34)49)17-7-5-4-6-8-17)15-20-18(27(34)16-13-23(37)28(45)24(14-16)50-3)9-10-19-26(20)32(48)44(30(19)46)42(2)29-22(36)11-12-25(41-29)35(38,39)40/h4-9,11-14,19-21,26-27,45H,10,15H2,1-3H3/t19-,20+,21-,26-,27-,34+/m0/s1. The number of aromatic nitrogens is 1. The van der Waals surface area contributed by atoms with Gasteiger partial charge in [-0.2, -0.15) is 18.2 Å². The molecule has 3 heterocycles. The van der Waals surface area contributed by atoms with Crippen LogP contribution in [0.25, 0.3) is 0 Å². The number of pyridine rings is 1. The van der Waals surface area contributed by atoms with E-state index in [1.165, 1.54) is 26.3 Å². The zero-order valence-corrected chi connectivity index (χ0v) is 28.3. The van der Waals surface area contributed by atoms with Crippen molar-refractivity contribution in [1.29, 1.82) is 0 Å². The van der Waals surface area contributed by atoms with E-state index in [1.807, 2.05) is 0 Å². The highest BCUT2D eigenvalue weighted by Gasteiger charge is 2.68. The van der Waals surface area contributed by atoms with Crippen LogP contribution in [-0.2, 0) is 25.4 Å². The number of allylic oxidation sites excluding steroid dienone is 2. The smallest absolute Gasteiger partial charge is 0.433 e. The lowest BCUT2D eigenvalue weighted by atomic mass is 9.51. The van der Waals surface area contributed by atoms with Crippen LogP contribution in [0.5, 0.6) is 11.5 Å². The number of alkyl halides is 3. The van der Waals surface area contributed by atoms with Crippen molar-refractivity contribution in [1.82, 2.24) is 9.99 Å². The van der Waals surface area contributed by atoms with E-state index in [4.69, 9.17) is 27.9 Å². The van der Waals surface area contributed by atoms with Crippen LogP contribution in [-0.4, -0.2) is 52.9 Å². The van der Waals surface area contributed by atoms with E-state index in [1.54, 1.807) is 43.3 Å². The number of imide groups is 2. The number of phenols is 1. The number of phenolic OH excluding ortho intramolecular Hbond substituents is 1. The Labute approximate surface area is 294 Å². The van der Waals surface area contributed by atoms with Crippen molar-refractivity contribution in [2.75, 3.05) is 24.1 Å². The summed E-state index contributed by atoms with van der Waals surface area (Å²) in [6, 6.07) is 13.2. The van der Waals surface area contributed by atoms with Crippen LogP contribution in [0.15, 0.2) is 66.2 Å². The molecule has 1 N–H and O–H groups in total. The summed E-state index contributed by atoms with van der Waals surface area (Å²) in [5.41, 5.74) is -1.18. The van der Waals surface area contributed by atoms with E-state index < -0.39 is 76.3 Å². The van der Waals surface area contributed by atoms with Gasteiger partial charge >= 0.3 is 6.18 Å². The van der Waals surface area contributed by atoms with Crippen molar-refractivity contribution < 1.29 is 42.2 Å². The molecule has 2 saturated heterocycles. The summed E-state index contributed by atoms with van der Waals surface area (Å²) in [6.07, 6.45) is -2.90. The summed E-state index contributed by atoms with van der Waals surface area (Å²) >= 11 is 12.7. The molecule has 3 aromatic rings. The van der Waals surface area contributed by atoms with Crippen molar-refractivity contribution in [3.63, 3.8) is 0 Å². The Bertz CT molecular complexity index is 2010. The second-order valence-corrected chi connectivity index (χ2v) is 13.9. The maximum absolute atomic E-state index is 14.5. The summed E-state index contributed by atoms with van der Waals surface area (Å²) in [4.78, 5) is 61.9. The fourth-order valence-corrected chi connectivity index (χ4v) is 8.77. The molecule has 50 heavy (non-hydrogen) atoms. The molecule has 0 bridgehead atoms. The van der Waals surface area contributed by atoms with E-state index in [0.717, 1.165) is 21.0 Å². The third kappa shape index (κ3) is 4.80. The molecule has 2 aliphatic carbocycles. The number of hydrogen-bond acceptors (Lipinski definition) is 8. The zero-order chi connectivity index (χ0) is 36.0. The Balaban J connectivity index is 1.34. The number of benzene rings is 2. The van der Waals surface area contributed by atoms with E-state index in [-0.39, 0.29) is 34.4 Å². The first-order valence-electron chi connectivity index (χ1n) is 15.7. The number of aromatic hydroxyl groups is 1. The molecule has 4 amide bonds. The first-order chi connectivity index (χ1) is 23.6. The molecular weight excluding hydrogens is 700 g/mol. The number of hydrazine groups is 1. The maximum atomic E-state index is 14.5. The number of nitrogens with zero attached hydrogens (tertiary/aromatic N) is 4. The van der Waals surface area contributed by atoms with Gasteiger partial charge in [0.1, 0.15) is 5.69 Å². The lowest BCUT2D eigenvalue weighted by molar-refractivity contribution is -0.141. The van der Waals surface area contributed by atoms with Gasteiger partial charge in [-0.15, -0.1) is 0 Å². The molecule has 7 rings (SSSR count). The number of ether oxygens (including phenoxy) is 1. The van der Waals surface area contributed by atoms with Crippen LogP contribution < -0.4 is 14.6 Å². The number of fused-ring (bicyclic) bond motifs is 4. The minimum absolute atomic E-state index is 0.0335. The molecule has 1 aromatic heterocycles. The molecule has 0 unspecified atom stereocenters. The Hall–Kier alpha value is -4.62. The Morgan fingerprint density at radius 3 is 2.34 bits per heavy atom. The van der Waals surface area contributed by atoms with Crippen molar-refractivity contribution in [2.24, 2.45) is 29.1 Å². The lowest BCUT2D eigenvalue weighted by Gasteiger charge is -2.49. The molecule has 0 radical (unpaired) electrons. The fraction of sp³-hybridized carbons (Fsp3) is 0.343. The predicted octanol–water partition coefficient (Wildman–Crippen LogP) is 6.40. The molecule has 3 fully saturated rings. The van der Waals surface area contributed by atoms with Gasteiger partial charge < -0.3 is 9.84 Å². The number of methoxy groups -OCH3 is 1. The van der Waals surface area contributed by atoms with Crippen LogP contribution in [0, 0.1) is 29.1 Å². The van der Waals surface area contributed by atoms with Crippen LogP contribution in [0.3, 0.4) is 0 Å². The minimum Gasteiger partial charge on any atom is -0.503 e. The van der Waals surface area contributed by atoms with Gasteiger partial charge in [-0.3, -0.25) is 24.2 Å². The fourth-order valence-electron chi connectivity index (χ4n) is 8.32. The second-order valence-electron chi connectivity index (χ2n) is 13.1. The highest BCUT2D eigenvalue weighted by atomic mass is 35.5. The largest absolute Gasteiger partial charge is 0.503 e. The Morgan fingerprint density at radius 1 is 0.980 bits per heavy atom. The van der Waals surface area contributed by atoms with Crippen molar-refractivity contribution >= 4 is 58.3 Å². The third-order valence-electron chi connectivity index (χ3n) is 10.6. The van der Waals surface area contributed by atoms with Crippen molar-refractivity contribution in [3.8, 4) is 11.5 Å². The molecule has 4 aliphatic rings. The van der Waals surface area contributed by atoms with Crippen molar-refractivity contribution in [2.45, 2.75) is 31.9 Å². The summed E-state index contributed by atoms with van der Waals surface area (Å²) < 4.78 is 46.1. The molecule has 2 aliphatic heterocycles. The minimum atomic E-state index is -4.81. The number of anilines is 2. The number of rotatable bonds is 5. The molecule has 1 saturated carbocycles. The molecule has 15 heteroatoms. The van der Waals surface area contributed by atoms with Crippen LogP contribution in [0.1, 0.15) is 36.9 Å². The van der Waals surface area contributed by atoms with Gasteiger partial charge in [-0.05, 0) is 67.6 Å². The van der Waals surface area contributed by atoms with Gasteiger partial charge in [0, 0.05) is 13.0 Å². The molecule has 2 aromatic carbocycles. The number of halogens is 5. The number of carbonyl (C=O) groups is 4. The highest BCUT2D eigenvalue weighted by molar-refractivity contribution is 6.33. The maximum Gasteiger partial charge on any atom is 0.433 e. The van der Waals surface area contributed by atoms with Gasteiger partial charge in [-0.1, -0.05) is 53.1 Å². The topological polar surface area (TPSA) is 120 Å². The van der Waals surface area contributed by atoms with Crippen LogP contribution >= 0.6 is 23.2 Å². The summed E-state index contributed by atoms with van der Waals surface area (Å²) in [6.45, 7) is 1.70. The number of amides is 4. The SMILES string of the molecule is COc1cc([C@H]2C3=CC[C@@H]4C(=O)N(N(C)c5nc(C(F)(F)F)ccc5Cl)C(=O)[C@@H]4[C@@H]3C[C@H]3C(=O)N(c4ccccc4)C(=O)[C@@]23C)cc(Cl)c1O. The second kappa shape index (κ2) is 11.7. The zero-order valence-electron chi connectivity index (χ0n) is 26.7. The van der Waals surface area contributed by atoms with E-state index >= 15 is 0 Å². The van der Waals surface area contributed by atoms with Gasteiger partial charge in [0.05, 0.1) is 46.0 Å². The summed E-state index contributed by atoms with van der Waals surface area (Å²) in [5, 5.41) is 12.0. The third-order valence-corrected chi connectivity index (χ3v) is 11.2. The summed E-state index contributed by atoms with van der Waals surface area (Å²) in [5.74, 6) is -7.49. The highest BCUT2D eigenvalue weighted by Crippen LogP contribution is 2.64. The van der Waals surface area contributed by atoms with Crippen LogP contribution in [0.4, 0.5) is 24.7 Å².